The number of carbonyl (C=O) groups excluding carboxylic acids is 3. The molecule has 0 saturated carbocycles. The summed E-state index contributed by atoms with van der Waals surface area (Å²) in [5, 5.41) is 3.03. The number of ketones is 1. The summed E-state index contributed by atoms with van der Waals surface area (Å²) in [5.41, 5.74) is 0.145. The highest BCUT2D eigenvalue weighted by Crippen LogP contribution is 2.35. The molecule has 0 aromatic heterocycles. The number of nitrogens with one attached hydrogen (secondary N) is 1. The van der Waals surface area contributed by atoms with Crippen molar-refractivity contribution in [2.75, 3.05) is 11.4 Å². The third kappa shape index (κ3) is 2.67. The van der Waals surface area contributed by atoms with E-state index in [4.69, 9.17) is 11.6 Å². The van der Waals surface area contributed by atoms with E-state index in [9.17, 15) is 14.4 Å². The molecule has 0 fully saturated rings. The molecule has 2 rings (SSSR count). The van der Waals surface area contributed by atoms with Crippen LogP contribution in [0.15, 0.2) is 18.2 Å². The number of benzene rings is 1. The number of para-hydroxylation sites is 1. The number of nitrogens with zero attached hydrogens (tertiary/aromatic N) is 1. The van der Waals surface area contributed by atoms with E-state index in [1.165, 1.54) is 6.07 Å². The van der Waals surface area contributed by atoms with Gasteiger partial charge in [-0.15, -0.1) is 0 Å². The molecule has 0 atom stereocenters. The molecule has 0 aliphatic carbocycles. The minimum atomic E-state index is -0.725. The highest BCUT2D eigenvalue weighted by molar-refractivity contribution is 6.54. The van der Waals surface area contributed by atoms with Crippen LogP contribution in [0.25, 0.3) is 0 Å². The Morgan fingerprint density at radius 1 is 1.30 bits per heavy atom. The molecule has 5 nitrogen and oxygen atoms in total. The lowest BCUT2D eigenvalue weighted by molar-refractivity contribution is -0.123. The molecule has 2 amide bonds. The minimum absolute atomic E-state index is 0.224. The van der Waals surface area contributed by atoms with E-state index in [1.807, 2.05) is 20.8 Å². The third-order valence-corrected chi connectivity index (χ3v) is 3.06. The quantitative estimate of drug-likeness (QED) is 0.846. The van der Waals surface area contributed by atoms with E-state index < -0.39 is 17.2 Å². The molecule has 6 heteroatoms. The Morgan fingerprint density at radius 2 is 1.95 bits per heavy atom. The van der Waals surface area contributed by atoms with E-state index in [1.54, 1.807) is 12.1 Å². The molecule has 0 unspecified atom stereocenters. The molecule has 1 aromatic rings. The van der Waals surface area contributed by atoms with Crippen LogP contribution in [-0.2, 0) is 9.59 Å². The molecule has 106 valence electrons. The van der Waals surface area contributed by atoms with Gasteiger partial charge in [0.25, 0.3) is 11.7 Å². The number of fused-ring (bicyclic) bond motifs is 1. The van der Waals surface area contributed by atoms with Crippen LogP contribution in [0.4, 0.5) is 5.69 Å². The van der Waals surface area contributed by atoms with Crippen LogP contribution in [0, 0.1) is 0 Å². The molecular formula is C14H15ClN2O3. The lowest BCUT2D eigenvalue weighted by Gasteiger charge is -2.23. The van der Waals surface area contributed by atoms with E-state index in [0.717, 1.165) is 4.90 Å². The van der Waals surface area contributed by atoms with Gasteiger partial charge in [-0.05, 0) is 32.9 Å². The van der Waals surface area contributed by atoms with Gasteiger partial charge in [-0.1, -0.05) is 17.7 Å². The lowest BCUT2D eigenvalue weighted by atomic mass is 10.1. The van der Waals surface area contributed by atoms with Gasteiger partial charge in [-0.3, -0.25) is 19.3 Å². The summed E-state index contributed by atoms with van der Waals surface area (Å²) in [4.78, 5) is 36.9. The van der Waals surface area contributed by atoms with Gasteiger partial charge in [-0.25, -0.2) is 0 Å². The summed E-state index contributed by atoms with van der Waals surface area (Å²) >= 11 is 6.03. The minimum Gasteiger partial charge on any atom is -0.350 e. The number of amides is 2. The molecular weight excluding hydrogens is 280 g/mol. The Kier molecular flexibility index (Phi) is 3.56. The van der Waals surface area contributed by atoms with Gasteiger partial charge < -0.3 is 5.32 Å². The number of anilines is 1. The fraction of sp³-hybridized carbons (Fsp3) is 0.357. The first kappa shape index (κ1) is 14.5. The number of hydrogen-bond acceptors (Lipinski definition) is 3. The van der Waals surface area contributed by atoms with Crippen molar-refractivity contribution >= 4 is 34.9 Å². The number of Topliss-reactive ketones (excluding diaryl/α,β-unsaturated/α-hetero) is 1. The predicted molar refractivity (Wildman–Crippen MR) is 76.0 cm³/mol. The van der Waals surface area contributed by atoms with Crippen molar-refractivity contribution in [1.82, 2.24) is 5.32 Å². The van der Waals surface area contributed by atoms with E-state index in [2.05, 4.69) is 5.32 Å². The highest BCUT2D eigenvalue weighted by atomic mass is 35.5. The summed E-state index contributed by atoms with van der Waals surface area (Å²) in [6, 6.07) is 4.72. The molecule has 0 radical (unpaired) electrons. The number of rotatable bonds is 2. The average Bonchev–Trinajstić information content (AvgIpc) is 2.53. The maximum Gasteiger partial charge on any atom is 0.300 e. The van der Waals surface area contributed by atoms with Crippen LogP contribution in [0.1, 0.15) is 31.1 Å². The van der Waals surface area contributed by atoms with Crippen molar-refractivity contribution in [2.45, 2.75) is 26.3 Å². The summed E-state index contributed by atoms with van der Waals surface area (Å²) in [6.07, 6.45) is 0. The van der Waals surface area contributed by atoms with Crippen LogP contribution in [0.5, 0.6) is 0 Å². The Balaban J connectivity index is 2.29. The number of carbonyl (C=O) groups is 3. The van der Waals surface area contributed by atoms with E-state index in [-0.39, 0.29) is 23.0 Å². The van der Waals surface area contributed by atoms with E-state index in [0.29, 0.717) is 5.69 Å². The number of hydrogen-bond donors (Lipinski definition) is 1. The van der Waals surface area contributed by atoms with Gasteiger partial charge in [0.05, 0.1) is 16.3 Å². The summed E-state index contributed by atoms with van der Waals surface area (Å²) in [5.74, 6) is -1.70. The Morgan fingerprint density at radius 3 is 2.55 bits per heavy atom. The van der Waals surface area contributed by atoms with Crippen LogP contribution in [0.2, 0.25) is 5.02 Å². The maximum absolute atomic E-state index is 12.0. The fourth-order valence-electron chi connectivity index (χ4n) is 2.06. The second-order valence-corrected chi connectivity index (χ2v) is 6.06. The van der Waals surface area contributed by atoms with Crippen LogP contribution in [-0.4, -0.2) is 29.7 Å². The van der Waals surface area contributed by atoms with Gasteiger partial charge in [0.1, 0.15) is 6.54 Å². The highest BCUT2D eigenvalue weighted by Gasteiger charge is 2.38. The molecule has 1 N–H and O–H groups in total. The third-order valence-electron chi connectivity index (χ3n) is 2.76. The van der Waals surface area contributed by atoms with Gasteiger partial charge >= 0.3 is 0 Å². The van der Waals surface area contributed by atoms with Crippen molar-refractivity contribution in [3.05, 3.63) is 28.8 Å². The largest absolute Gasteiger partial charge is 0.350 e. The first-order valence-electron chi connectivity index (χ1n) is 6.16. The second-order valence-electron chi connectivity index (χ2n) is 5.65. The molecule has 0 saturated heterocycles. The Hall–Kier alpha value is -1.88. The SMILES string of the molecule is CC(C)(C)NC(=O)CN1C(=O)C(=O)c2cccc(Cl)c21. The lowest BCUT2D eigenvalue weighted by Crippen LogP contribution is -2.47. The molecule has 1 aromatic carbocycles. The van der Waals surface area contributed by atoms with Crippen molar-refractivity contribution < 1.29 is 14.4 Å². The molecule has 1 aliphatic rings. The maximum atomic E-state index is 12.0. The molecule has 1 aliphatic heterocycles. The predicted octanol–water partition coefficient (Wildman–Crippen LogP) is 1.78. The average molecular weight is 295 g/mol. The molecule has 20 heavy (non-hydrogen) atoms. The fourth-order valence-corrected chi connectivity index (χ4v) is 2.34. The van der Waals surface area contributed by atoms with Crippen LogP contribution in [0.3, 0.4) is 0 Å². The van der Waals surface area contributed by atoms with Gasteiger partial charge in [0.15, 0.2) is 0 Å². The molecule has 1 heterocycles. The Bertz CT molecular complexity index is 605. The summed E-state index contributed by atoms with van der Waals surface area (Å²) in [6.45, 7) is 5.28. The van der Waals surface area contributed by atoms with Gasteiger partial charge in [0.2, 0.25) is 5.91 Å². The molecule has 0 bridgehead atoms. The van der Waals surface area contributed by atoms with Crippen molar-refractivity contribution in [2.24, 2.45) is 0 Å². The normalized spacial score (nSPS) is 14.5. The van der Waals surface area contributed by atoms with Crippen LogP contribution >= 0.6 is 11.6 Å². The zero-order chi connectivity index (χ0) is 15.1. The second kappa shape index (κ2) is 4.90. The molecule has 0 spiro atoms. The van der Waals surface area contributed by atoms with Gasteiger partial charge in [0, 0.05) is 5.54 Å². The number of halogens is 1. The first-order valence-corrected chi connectivity index (χ1v) is 6.54. The van der Waals surface area contributed by atoms with Crippen molar-refractivity contribution in [3.63, 3.8) is 0 Å². The topological polar surface area (TPSA) is 66.5 Å². The smallest absolute Gasteiger partial charge is 0.300 e. The Labute approximate surface area is 121 Å². The van der Waals surface area contributed by atoms with Crippen molar-refractivity contribution in [3.8, 4) is 0 Å². The summed E-state index contributed by atoms with van der Waals surface area (Å²) in [7, 11) is 0. The zero-order valence-electron chi connectivity index (χ0n) is 11.5. The zero-order valence-corrected chi connectivity index (χ0v) is 12.2. The van der Waals surface area contributed by atoms with E-state index >= 15 is 0 Å². The van der Waals surface area contributed by atoms with Crippen molar-refractivity contribution in [1.29, 1.82) is 0 Å². The monoisotopic (exact) mass is 294 g/mol. The summed E-state index contributed by atoms with van der Waals surface area (Å²) < 4.78 is 0. The van der Waals surface area contributed by atoms with Gasteiger partial charge in [-0.2, -0.15) is 0 Å². The van der Waals surface area contributed by atoms with Crippen LogP contribution < -0.4 is 10.2 Å². The first-order chi connectivity index (χ1) is 9.20. The standard InChI is InChI=1S/C14H15ClN2O3/c1-14(2,3)16-10(18)7-17-11-8(12(19)13(17)20)5-4-6-9(11)15/h4-6H,7H2,1-3H3,(H,16,18).